The van der Waals surface area contributed by atoms with Gasteiger partial charge in [-0.1, -0.05) is 60.7 Å². The van der Waals surface area contributed by atoms with Gasteiger partial charge in [-0.3, -0.25) is 19.1 Å². The van der Waals surface area contributed by atoms with Gasteiger partial charge in [-0.15, -0.1) is 0 Å². The number of benzene rings is 2. The Bertz CT molecular complexity index is 1230. The van der Waals surface area contributed by atoms with E-state index in [0.717, 1.165) is 22.3 Å². The number of piperidine rings is 1. The van der Waals surface area contributed by atoms with Gasteiger partial charge in [0.05, 0.1) is 25.5 Å². The molecule has 0 unspecified atom stereocenters. The monoisotopic (exact) mass is 449 g/mol. The SMILES string of the molecule is CN1C/C(=C/c2cnn(Cc3ccccc3)c2)C(=O)/C(=C/c2cnn(Cc3ccccc3)c2)C1. The number of carbonyl (C=O) groups excluding carboxylic acids is 1. The molecule has 1 fully saturated rings. The molecular formula is C28H27N5O. The Morgan fingerprint density at radius 3 is 1.62 bits per heavy atom. The lowest BCUT2D eigenvalue weighted by atomic mass is 9.95. The van der Waals surface area contributed by atoms with Crippen molar-refractivity contribution in [2.75, 3.05) is 20.1 Å². The minimum Gasteiger partial charge on any atom is -0.298 e. The highest BCUT2D eigenvalue weighted by Crippen LogP contribution is 2.21. The molecule has 5 rings (SSSR count). The number of rotatable bonds is 6. The average molecular weight is 450 g/mol. The van der Waals surface area contributed by atoms with E-state index in [1.54, 1.807) is 0 Å². The van der Waals surface area contributed by atoms with E-state index in [0.29, 0.717) is 26.2 Å². The molecule has 0 radical (unpaired) electrons. The van der Waals surface area contributed by atoms with Crippen molar-refractivity contribution in [3.05, 3.63) is 119 Å². The molecule has 0 saturated carbocycles. The van der Waals surface area contributed by atoms with Crippen molar-refractivity contribution in [3.63, 3.8) is 0 Å². The zero-order chi connectivity index (χ0) is 23.3. The van der Waals surface area contributed by atoms with Crippen LogP contribution in [-0.4, -0.2) is 50.4 Å². The highest BCUT2D eigenvalue weighted by atomic mass is 16.1. The van der Waals surface area contributed by atoms with Gasteiger partial charge in [-0.25, -0.2) is 0 Å². The van der Waals surface area contributed by atoms with Crippen LogP contribution in [0.4, 0.5) is 0 Å². The standard InChI is InChI=1S/C28H27N5O/c1-31-20-26(12-24-14-29-32(18-24)16-22-8-4-2-5-9-22)28(34)27(21-31)13-25-15-30-33(19-25)17-23-10-6-3-7-11-23/h2-15,18-19H,16-17,20-21H2,1H3/b26-12-,27-13+. The van der Waals surface area contributed by atoms with E-state index in [-0.39, 0.29) is 5.78 Å². The van der Waals surface area contributed by atoms with Gasteiger partial charge in [0.2, 0.25) is 0 Å². The summed E-state index contributed by atoms with van der Waals surface area (Å²) in [5, 5.41) is 8.93. The first-order valence-corrected chi connectivity index (χ1v) is 11.4. The number of likely N-dealkylation sites (tertiary alicyclic amines) is 1. The van der Waals surface area contributed by atoms with E-state index in [2.05, 4.69) is 39.4 Å². The molecule has 3 heterocycles. The summed E-state index contributed by atoms with van der Waals surface area (Å²) in [4.78, 5) is 15.4. The molecule has 6 nitrogen and oxygen atoms in total. The van der Waals surface area contributed by atoms with Crippen molar-refractivity contribution < 1.29 is 4.79 Å². The molecule has 0 N–H and O–H groups in total. The maximum Gasteiger partial charge on any atom is 0.187 e. The highest BCUT2D eigenvalue weighted by molar-refractivity contribution is 6.14. The van der Waals surface area contributed by atoms with Gasteiger partial charge in [0.15, 0.2) is 5.78 Å². The van der Waals surface area contributed by atoms with Crippen LogP contribution >= 0.6 is 0 Å². The maximum atomic E-state index is 13.3. The number of likely N-dealkylation sites (N-methyl/N-ethyl adjacent to an activating group) is 1. The van der Waals surface area contributed by atoms with Gasteiger partial charge in [0.25, 0.3) is 0 Å². The Labute approximate surface area is 199 Å². The first-order chi connectivity index (χ1) is 16.6. The molecule has 2 aromatic carbocycles. The molecule has 1 aliphatic rings. The van der Waals surface area contributed by atoms with Crippen LogP contribution in [0, 0.1) is 0 Å². The van der Waals surface area contributed by atoms with E-state index in [4.69, 9.17) is 0 Å². The van der Waals surface area contributed by atoms with E-state index in [1.807, 2.05) is 89.7 Å². The molecule has 0 atom stereocenters. The number of aromatic nitrogens is 4. The molecule has 170 valence electrons. The van der Waals surface area contributed by atoms with Crippen molar-refractivity contribution in [2.45, 2.75) is 13.1 Å². The lowest BCUT2D eigenvalue weighted by Gasteiger charge is -2.25. The lowest BCUT2D eigenvalue weighted by molar-refractivity contribution is -0.113. The van der Waals surface area contributed by atoms with Gasteiger partial charge in [0.1, 0.15) is 0 Å². The van der Waals surface area contributed by atoms with Gasteiger partial charge < -0.3 is 0 Å². The van der Waals surface area contributed by atoms with Crippen molar-refractivity contribution in [1.29, 1.82) is 0 Å². The summed E-state index contributed by atoms with van der Waals surface area (Å²) in [6.45, 7) is 2.65. The molecule has 34 heavy (non-hydrogen) atoms. The van der Waals surface area contributed by atoms with Crippen molar-refractivity contribution >= 4 is 17.9 Å². The van der Waals surface area contributed by atoms with Crippen LogP contribution in [0.15, 0.2) is 96.6 Å². The molecule has 4 aromatic rings. The highest BCUT2D eigenvalue weighted by Gasteiger charge is 2.24. The predicted octanol–water partition coefficient (Wildman–Crippen LogP) is 4.16. The topological polar surface area (TPSA) is 56.0 Å². The smallest absolute Gasteiger partial charge is 0.187 e. The van der Waals surface area contributed by atoms with E-state index in [9.17, 15) is 4.79 Å². The second-order valence-electron chi connectivity index (χ2n) is 8.75. The Morgan fingerprint density at radius 2 is 1.18 bits per heavy atom. The van der Waals surface area contributed by atoms with Crippen LogP contribution in [0.2, 0.25) is 0 Å². The van der Waals surface area contributed by atoms with Crippen molar-refractivity contribution in [3.8, 4) is 0 Å². The number of ketones is 1. The van der Waals surface area contributed by atoms with Gasteiger partial charge in [0, 0.05) is 47.8 Å². The number of hydrogen-bond donors (Lipinski definition) is 0. The van der Waals surface area contributed by atoms with E-state index in [1.165, 1.54) is 11.1 Å². The minimum atomic E-state index is 0.0877. The van der Waals surface area contributed by atoms with Crippen LogP contribution in [0.3, 0.4) is 0 Å². The van der Waals surface area contributed by atoms with Crippen LogP contribution in [0.25, 0.3) is 12.2 Å². The summed E-state index contributed by atoms with van der Waals surface area (Å²) >= 11 is 0. The summed E-state index contributed by atoms with van der Waals surface area (Å²) in [5.41, 5.74) is 5.80. The summed E-state index contributed by atoms with van der Waals surface area (Å²) in [6, 6.07) is 20.4. The molecule has 0 aliphatic carbocycles. The zero-order valence-electron chi connectivity index (χ0n) is 19.2. The third kappa shape index (κ3) is 5.30. The lowest BCUT2D eigenvalue weighted by Crippen LogP contribution is -2.34. The third-order valence-electron chi connectivity index (χ3n) is 5.83. The summed E-state index contributed by atoms with van der Waals surface area (Å²) < 4.78 is 3.80. The maximum absolute atomic E-state index is 13.3. The average Bonchev–Trinajstić information content (AvgIpc) is 3.47. The summed E-state index contributed by atoms with van der Waals surface area (Å²) in [6.07, 6.45) is 11.5. The molecule has 0 spiro atoms. The molecule has 0 amide bonds. The van der Waals surface area contributed by atoms with Crippen LogP contribution in [0.5, 0.6) is 0 Å². The summed E-state index contributed by atoms with van der Waals surface area (Å²) in [7, 11) is 2.03. The Kier molecular flexibility index (Phi) is 6.31. The second-order valence-corrected chi connectivity index (χ2v) is 8.75. The van der Waals surface area contributed by atoms with Crippen molar-refractivity contribution in [1.82, 2.24) is 24.5 Å². The van der Waals surface area contributed by atoms with Gasteiger partial charge in [-0.2, -0.15) is 10.2 Å². The van der Waals surface area contributed by atoms with Crippen LogP contribution in [-0.2, 0) is 17.9 Å². The zero-order valence-corrected chi connectivity index (χ0v) is 19.2. The summed E-state index contributed by atoms with van der Waals surface area (Å²) in [5.74, 6) is 0.0877. The Balaban J connectivity index is 1.31. The fraction of sp³-hybridized carbons (Fsp3) is 0.179. The van der Waals surface area contributed by atoms with E-state index < -0.39 is 0 Å². The van der Waals surface area contributed by atoms with Gasteiger partial charge in [-0.05, 0) is 30.3 Å². The molecule has 2 aromatic heterocycles. The van der Waals surface area contributed by atoms with Crippen LogP contribution < -0.4 is 0 Å². The van der Waals surface area contributed by atoms with Crippen molar-refractivity contribution in [2.24, 2.45) is 0 Å². The molecule has 6 heteroatoms. The molecule has 1 saturated heterocycles. The first kappa shape index (κ1) is 21.8. The Morgan fingerprint density at radius 1 is 0.735 bits per heavy atom. The normalized spacial score (nSPS) is 17.0. The largest absolute Gasteiger partial charge is 0.298 e. The Hall–Kier alpha value is -4.03. The first-order valence-electron chi connectivity index (χ1n) is 11.4. The minimum absolute atomic E-state index is 0.0877. The predicted molar refractivity (Wildman–Crippen MR) is 134 cm³/mol. The fourth-order valence-electron chi connectivity index (χ4n) is 4.23. The third-order valence-corrected chi connectivity index (χ3v) is 5.83. The number of nitrogens with zero attached hydrogens (tertiary/aromatic N) is 5. The number of Topliss-reactive ketones (excluding diaryl/α,β-unsaturated/α-hetero) is 1. The van der Waals surface area contributed by atoms with E-state index >= 15 is 0 Å². The van der Waals surface area contributed by atoms with Crippen LogP contribution in [0.1, 0.15) is 22.3 Å². The second kappa shape index (κ2) is 9.85. The molecule has 0 bridgehead atoms. The number of hydrogen-bond acceptors (Lipinski definition) is 4. The fourth-order valence-corrected chi connectivity index (χ4v) is 4.23. The number of carbonyl (C=O) groups is 1. The molecule has 1 aliphatic heterocycles. The quantitative estimate of drug-likeness (QED) is 0.415. The molecular weight excluding hydrogens is 422 g/mol. The van der Waals surface area contributed by atoms with Gasteiger partial charge >= 0.3 is 0 Å².